The molecule has 15 heavy (non-hydrogen) atoms. The fourth-order valence-corrected chi connectivity index (χ4v) is 3.63. The quantitative estimate of drug-likeness (QED) is 0.647. The lowest BCUT2D eigenvalue weighted by molar-refractivity contribution is 0.00978. The largest absolute Gasteiger partial charge is 0.393 e. The van der Waals surface area contributed by atoms with Gasteiger partial charge in [0.2, 0.25) is 0 Å². The van der Waals surface area contributed by atoms with E-state index in [0.29, 0.717) is 5.92 Å². The molecule has 2 aliphatic carbocycles. The highest BCUT2D eigenvalue weighted by Gasteiger charge is 2.34. The summed E-state index contributed by atoms with van der Waals surface area (Å²) in [6, 6.07) is 0. The third kappa shape index (κ3) is 2.75. The average Bonchev–Trinajstić information content (AvgIpc) is 2.22. The van der Waals surface area contributed by atoms with Crippen molar-refractivity contribution in [3.8, 4) is 0 Å². The lowest BCUT2D eigenvalue weighted by Gasteiger charge is -2.40. The minimum Gasteiger partial charge on any atom is -0.393 e. The van der Waals surface area contributed by atoms with Crippen LogP contribution in [0.4, 0.5) is 0 Å². The molecule has 0 aromatic carbocycles. The third-order valence-electron chi connectivity index (χ3n) is 4.79. The molecule has 2 saturated carbocycles. The van der Waals surface area contributed by atoms with Gasteiger partial charge < -0.3 is 5.11 Å². The summed E-state index contributed by atoms with van der Waals surface area (Å²) in [5.74, 6) is 3.14. The highest BCUT2D eigenvalue weighted by atomic mass is 16.3. The minimum atomic E-state index is 0.000463. The maximum atomic E-state index is 10.2. The Kier molecular flexibility index (Phi) is 3.71. The number of fused-ring (bicyclic) bond motifs is 1. The molecule has 2 rings (SSSR count). The molecule has 0 saturated heterocycles. The van der Waals surface area contributed by atoms with Crippen molar-refractivity contribution in [3.05, 3.63) is 0 Å². The molecule has 0 aliphatic heterocycles. The Morgan fingerprint density at radius 1 is 0.800 bits per heavy atom. The number of rotatable bonds is 0. The van der Waals surface area contributed by atoms with Crippen LogP contribution in [0.2, 0.25) is 0 Å². The predicted molar refractivity (Wildman–Crippen MR) is 63.6 cm³/mol. The third-order valence-corrected chi connectivity index (χ3v) is 4.79. The van der Waals surface area contributed by atoms with Crippen LogP contribution in [0.3, 0.4) is 0 Å². The molecule has 1 N–H and O–H groups in total. The molecule has 5 atom stereocenters. The monoisotopic (exact) mass is 210 g/mol. The molecular weight excluding hydrogens is 184 g/mol. The summed E-state index contributed by atoms with van der Waals surface area (Å²) in [6.45, 7) is 4.70. The van der Waals surface area contributed by atoms with Crippen LogP contribution in [0, 0.1) is 23.7 Å². The van der Waals surface area contributed by atoms with Crippen molar-refractivity contribution in [2.75, 3.05) is 0 Å². The normalized spacial score (nSPS) is 47.8. The minimum absolute atomic E-state index is 0.000463. The van der Waals surface area contributed by atoms with Crippen molar-refractivity contribution in [1.82, 2.24) is 0 Å². The summed E-state index contributed by atoms with van der Waals surface area (Å²) in [7, 11) is 0. The van der Waals surface area contributed by atoms with E-state index < -0.39 is 0 Å². The summed E-state index contributed by atoms with van der Waals surface area (Å²) < 4.78 is 0. The van der Waals surface area contributed by atoms with E-state index in [9.17, 15) is 5.11 Å². The molecule has 1 heteroatoms. The summed E-state index contributed by atoms with van der Waals surface area (Å²) in [4.78, 5) is 0. The lowest BCUT2D eigenvalue weighted by Crippen LogP contribution is -2.35. The van der Waals surface area contributed by atoms with Gasteiger partial charge in [-0.15, -0.1) is 0 Å². The molecule has 0 aromatic heterocycles. The Hall–Kier alpha value is -0.0400. The van der Waals surface area contributed by atoms with Crippen molar-refractivity contribution < 1.29 is 5.11 Å². The van der Waals surface area contributed by atoms with Gasteiger partial charge in [-0.1, -0.05) is 26.7 Å². The van der Waals surface area contributed by atoms with E-state index >= 15 is 0 Å². The Labute approximate surface area is 94.3 Å². The first-order valence-corrected chi connectivity index (χ1v) is 6.85. The van der Waals surface area contributed by atoms with Crippen LogP contribution in [-0.4, -0.2) is 11.2 Å². The van der Waals surface area contributed by atoms with Gasteiger partial charge in [0.15, 0.2) is 0 Å². The zero-order chi connectivity index (χ0) is 10.8. The highest BCUT2D eigenvalue weighted by Crippen LogP contribution is 2.41. The molecule has 0 heterocycles. The molecule has 1 nitrogen and oxygen atoms in total. The van der Waals surface area contributed by atoms with Crippen LogP contribution in [0.25, 0.3) is 0 Å². The summed E-state index contributed by atoms with van der Waals surface area (Å²) in [5.41, 5.74) is 0. The fraction of sp³-hybridized carbons (Fsp3) is 1.00. The number of hydrogen-bond donors (Lipinski definition) is 1. The van der Waals surface area contributed by atoms with Crippen LogP contribution in [0.1, 0.15) is 58.8 Å². The molecule has 0 spiro atoms. The zero-order valence-corrected chi connectivity index (χ0v) is 10.3. The molecule has 2 fully saturated rings. The predicted octanol–water partition coefficient (Wildman–Crippen LogP) is 3.61. The zero-order valence-electron chi connectivity index (χ0n) is 10.3. The van der Waals surface area contributed by atoms with Crippen LogP contribution in [0.15, 0.2) is 0 Å². The van der Waals surface area contributed by atoms with Crippen LogP contribution < -0.4 is 0 Å². The molecular formula is C14H26O. The Morgan fingerprint density at radius 3 is 2.13 bits per heavy atom. The van der Waals surface area contributed by atoms with Gasteiger partial charge in [-0.3, -0.25) is 0 Å². The Balaban J connectivity index is 2.01. The molecule has 5 unspecified atom stereocenters. The number of aliphatic hydroxyl groups is 1. The van der Waals surface area contributed by atoms with Gasteiger partial charge in [0.25, 0.3) is 0 Å². The number of hydrogen-bond acceptors (Lipinski definition) is 1. The molecule has 0 amide bonds. The van der Waals surface area contributed by atoms with Crippen molar-refractivity contribution in [3.63, 3.8) is 0 Å². The lowest BCUT2D eigenvalue weighted by atomic mass is 9.67. The SMILES string of the molecule is CC1CCC(O)C2CC(C)CCC2CC1. The van der Waals surface area contributed by atoms with E-state index in [0.717, 1.165) is 24.2 Å². The van der Waals surface area contributed by atoms with E-state index in [1.165, 1.54) is 38.5 Å². The van der Waals surface area contributed by atoms with Crippen LogP contribution >= 0.6 is 0 Å². The topological polar surface area (TPSA) is 20.2 Å². The molecule has 0 bridgehead atoms. The first-order valence-electron chi connectivity index (χ1n) is 6.85. The van der Waals surface area contributed by atoms with Gasteiger partial charge in [0, 0.05) is 0 Å². The van der Waals surface area contributed by atoms with Gasteiger partial charge in [0.1, 0.15) is 0 Å². The van der Waals surface area contributed by atoms with Crippen LogP contribution in [0.5, 0.6) is 0 Å². The van der Waals surface area contributed by atoms with Crippen molar-refractivity contribution in [1.29, 1.82) is 0 Å². The van der Waals surface area contributed by atoms with Crippen molar-refractivity contribution in [2.24, 2.45) is 23.7 Å². The second-order valence-corrected chi connectivity index (χ2v) is 6.17. The Morgan fingerprint density at radius 2 is 1.40 bits per heavy atom. The van der Waals surface area contributed by atoms with Gasteiger partial charge in [-0.25, -0.2) is 0 Å². The average molecular weight is 210 g/mol. The van der Waals surface area contributed by atoms with Gasteiger partial charge in [-0.05, 0) is 55.8 Å². The maximum absolute atomic E-state index is 10.2. The van der Waals surface area contributed by atoms with Gasteiger partial charge >= 0.3 is 0 Å². The first kappa shape index (κ1) is 11.4. The van der Waals surface area contributed by atoms with Gasteiger partial charge in [-0.2, -0.15) is 0 Å². The van der Waals surface area contributed by atoms with E-state index in [-0.39, 0.29) is 6.10 Å². The van der Waals surface area contributed by atoms with E-state index in [2.05, 4.69) is 13.8 Å². The molecule has 0 aromatic rings. The van der Waals surface area contributed by atoms with Crippen LogP contribution in [-0.2, 0) is 0 Å². The van der Waals surface area contributed by atoms with Crippen molar-refractivity contribution in [2.45, 2.75) is 64.9 Å². The van der Waals surface area contributed by atoms with E-state index in [1.807, 2.05) is 0 Å². The highest BCUT2D eigenvalue weighted by molar-refractivity contribution is 4.85. The van der Waals surface area contributed by atoms with E-state index in [4.69, 9.17) is 0 Å². The van der Waals surface area contributed by atoms with E-state index in [1.54, 1.807) is 0 Å². The summed E-state index contributed by atoms with van der Waals surface area (Å²) in [5, 5.41) is 10.2. The second-order valence-electron chi connectivity index (χ2n) is 6.17. The van der Waals surface area contributed by atoms with Crippen molar-refractivity contribution >= 4 is 0 Å². The fourth-order valence-electron chi connectivity index (χ4n) is 3.63. The standard InChI is InChI=1S/C14H26O/c1-10-3-6-12-7-4-11(2)9-13(12)14(15)8-5-10/h10-15H,3-9H2,1-2H3. The summed E-state index contributed by atoms with van der Waals surface area (Å²) in [6.07, 6.45) is 9.09. The van der Waals surface area contributed by atoms with Gasteiger partial charge in [0.05, 0.1) is 6.10 Å². The summed E-state index contributed by atoms with van der Waals surface area (Å²) >= 11 is 0. The smallest absolute Gasteiger partial charge is 0.0571 e. The number of aliphatic hydroxyl groups excluding tert-OH is 1. The molecule has 88 valence electrons. The maximum Gasteiger partial charge on any atom is 0.0571 e. The first-order chi connectivity index (χ1) is 7.16. The Bertz CT molecular complexity index is 202. The molecule has 0 radical (unpaired) electrons. The second kappa shape index (κ2) is 4.86. The molecule has 2 aliphatic rings.